The largest absolute Gasteiger partial charge is 0.480 e. The number of hydrogen-bond acceptors (Lipinski definition) is 5. The Bertz CT molecular complexity index is 398. The minimum absolute atomic E-state index is 0.0475. The lowest BCUT2D eigenvalue weighted by Gasteiger charge is -2.33. The van der Waals surface area contributed by atoms with E-state index >= 15 is 0 Å². The zero-order valence-electron chi connectivity index (χ0n) is 9.63. The number of amides is 1. The number of carbonyl (C=O) groups excluding carboxylic acids is 1. The standard InChI is InChI=1S/C9H16N2O5S/c1-17(15,16)7-8(12)11-4-2-10(3-5-11)6-9(13)14/h2-7H2,1H3,(H,13,14). The molecule has 0 aliphatic carbocycles. The zero-order valence-corrected chi connectivity index (χ0v) is 10.4. The summed E-state index contributed by atoms with van der Waals surface area (Å²) in [4.78, 5) is 25.2. The summed E-state index contributed by atoms with van der Waals surface area (Å²) in [5.74, 6) is -1.80. The van der Waals surface area contributed by atoms with Crippen molar-refractivity contribution in [3.05, 3.63) is 0 Å². The molecule has 1 fully saturated rings. The second-order valence-corrected chi connectivity index (χ2v) is 6.26. The average molecular weight is 264 g/mol. The molecule has 1 N–H and O–H groups in total. The number of nitrogens with zero attached hydrogens (tertiary/aromatic N) is 2. The fourth-order valence-electron chi connectivity index (χ4n) is 1.66. The highest BCUT2D eigenvalue weighted by Crippen LogP contribution is 2.03. The summed E-state index contributed by atoms with van der Waals surface area (Å²) >= 11 is 0. The molecule has 1 amide bonds. The van der Waals surface area contributed by atoms with E-state index in [1.54, 1.807) is 4.90 Å². The van der Waals surface area contributed by atoms with Crippen LogP contribution in [-0.4, -0.2) is 79.9 Å². The van der Waals surface area contributed by atoms with Gasteiger partial charge in [-0.1, -0.05) is 0 Å². The Hall–Kier alpha value is -1.15. The molecule has 1 aliphatic heterocycles. The highest BCUT2D eigenvalue weighted by atomic mass is 32.2. The number of rotatable bonds is 4. The summed E-state index contributed by atoms with van der Waals surface area (Å²) in [6.45, 7) is 1.63. The minimum atomic E-state index is -3.30. The normalized spacial score (nSPS) is 18.1. The summed E-state index contributed by atoms with van der Waals surface area (Å²) in [5, 5.41) is 8.59. The molecule has 1 heterocycles. The third-order valence-corrected chi connectivity index (χ3v) is 3.24. The molecule has 17 heavy (non-hydrogen) atoms. The Kier molecular flexibility index (Phi) is 4.47. The zero-order chi connectivity index (χ0) is 13.1. The fraction of sp³-hybridized carbons (Fsp3) is 0.778. The number of carboxylic acid groups (broad SMARTS) is 1. The Morgan fingerprint density at radius 2 is 1.71 bits per heavy atom. The van der Waals surface area contributed by atoms with Gasteiger partial charge in [-0.05, 0) is 0 Å². The first-order chi connectivity index (χ1) is 7.78. The molecule has 0 aromatic carbocycles. The van der Waals surface area contributed by atoms with Gasteiger partial charge in [0.25, 0.3) is 0 Å². The summed E-state index contributed by atoms with van der Waals surface area (Å²) in [5.41, 5.74) is 0. The highest BCUT2D eigenvalue weighted by molar-refractivity contribution is 7.91. The molecule has 1 aliphatic rings. The molecule has 0 atom stereocenters. The number of piperazine rings is 1. The third-order valence-electron chi connectivity index (χ3n) is 2.47. The first-order valence-corrected chi connectivity index (χ1v) is 7.23. The van der Waals surface area contributed by atoms with E-state index in [0.717, 1.165) is 6.26 Å². The lowest BCUT2D eigenvalue weighted by molar-refractivity contribution is -0.139. The van der Waals surface area contributed by atoms with Crippen molar-refractivity contribution in [3.8, 4) is 0 Å². The quantitative estimate of drug-likeness (QED) is 0.647. The summed E-state index contributed by atoms with van der Waals surface area (Å²) in [6, 6.07) is 0. The van der Waals surface area contributed by atoms with Gasteiger partial charge in [-0.15, -0.1) is 0 Å². The van der Waals surface area contributed by atoms with Gasteiger partial charge in [0.1, 0.15) is 5.75 Å². The van der Waals surface area contributed by atoms with Crippen LogP contribution in [0.1, 0.15) is 0 Å². The van der Waals surface area contributed by atoms with E-state index in [-0.39, 0.29) is 6.54 Å². The third kappa shape index (κ3) is 5.14. The van der Waals surface area contributed by atoms with Gasteiger partial charge in [-0.2, -0.15) is 0 Å². The van der Waals surface area contributed by atoms with Gasteiger partial charge in [0.15, 0.2) is 9.84 Å². The van der Waals surface area contributed by atoms with Gasteiger partial charge in [0, 0.05) is 32.4 Å². The van der Waals surface area contributed by atoms with Gasteiger partial charge in [-0.3, -0.25) is 14.5 Å². The maximum atomic E-state index is 11.6. The summed E-state index contributed by atoms with van der Waals surface area (Å²) in [7, 11) is -3.30. The van der Waals surface area contributed by atoms with E-state index in [1.807, 2.05) is 0 Å². The van der Waals surface area contributed by atoms with E-state index in [0.29, 0.717) is 26.2 Å². The number of carbonyl (C=O) groups is 2. The predicted molar refractivity (Wildman–Crippen MR) is 60.4 cm³/mol. The van der Waals surface area contributed by atoms with Gasteiger partial charge in [0.2, 0.25) is 5.91 Å². The monoisotopic (exact) mass is 264 g/mol. The molecule has 98 valence electrons. The van der Waals surface area contributed by atoms with Crippen LogP contribution in [0.5, 0.6) is 0 Å². The molecule has 0 bridgehead atoms. The van der Waals surface area contributed by atoms with Crippen LogP contribution < -0.4 is 0 Å². The fourth-order valence-corrected chi connectivity index (χ4v) is 2.29. The lowest BCUT2D eigenvalue weighted by Crippen LogP contribution is -2.51. The number of aliphatic carboxylic acids is 1. The Labute approximate surface area is 99.9 Å². The molecule has 0 aromatic heterocycles. The van der Waals surface area contributed by atoms with Crippen molar-refractivity contribution in [2.24, 2.45) is 0 Å². The molecule has 0 unspecified atom stereocenters. The van der Waals surface area contributed by atoms with Crippen molar-refractivity contribution in [2.75, 3.05) is 44.7 Å². The summed E-state index contributed by atoms with van der Waals surface area (Å²) in [6.07, 6.45) is 1.02. The molecule has 0 aromatic rings. The van der Waals surface area contributed by atoms with Gasteiger partial charge in [-0.25, -0.2) is 8.42 Å². The van der Waals surface area contributed by atoms with Gasteiger partial charge >= 0.3 is 5.97 Å². The lowest BCUT2D eigenvalue weighted by atomic mass is 10.3. The predicted octanol–water partition coefficient (Wildman–Crippen LogP) is -1.74. The molecule has 0 saturated carbocycles. The Morgan fingerprint density at radius 3 is 2.12 bits per heavy atom. The molecular formula is C9H16N2O5S. The van der Waals surface area contributed by atoms with E-state index in [9.17, 15) is 18.0 Å². The van der Waals surface area contributed by atoms with E-state index in [1.165, 1.54) is 4.90 Å². The second-order valence-electron chi connectivity index (χ2n) is 4.12. The van der Waals surface area contributed by atoms with Crippen LogP contribution in [0.4, 0.5) is 0 Å². The van der Waals surface area contributed by atoms with E-state index in [2.05, 4.69) is 0 Å². The van der Waals surface area contributed by atoms with Gasteiger partial charge < -0.3 is 10.0 Å². The van der Waals surface area contributed by atoms with Crippen LogP contribution >= 0.6 is 0 Å². The van der Waals surface area contributed by atoms with Crippen molar-refractivity contribution >= 4 is 21.7 Å². The van der Waals surface area contributed by atoms with Crippen molar-refractivity contribution in [1.29, 1.82) is 0 Å². The van der Waals surface area contributed by atoms with Crippen molar-refractivity contribution in [3.63, 3.8) is 0 Å². The summed E-state index contributed by atoms with van der Waals surface area (Å²) < 4.78 is 21.9. The smallest absolute Gasteiger partial charge is 0.317 e. The maximum absolute atomic E-state index is 11.6. The highest BCUT2D eigenvalue weighted by Gasteiger charge is 2.24. The van der Waals surface area contributed by atoms with Crippen molar-refractivity contribution < 1.29 is 23.1 Å². The minimum Gasteiger partial charge on any atom is -0.480 e. The van der Waals surface area contributed by atoms with E-state index < -0.39 is 27.5 Å². The van der Waals surface area contributed by atoms with E-state index in [4.69, 9.17) is 5.11 Å². The number of carboxylic acids is 1. The maximum Gasteiger partial charge on any atom is 0.317 e. The molecule has 0 spiro atoms. The van der Waals surface area contributed by atoms with Crippen molar-refractivity contribution in [1.82, 2.24) is 9.80 Å². The molecule has 1 rings (SSSR count). The second kappa shape index (κ2) is 5.46. The van der Waals surface area contributed by atoms with Crippen LogP contribution in [0.3, 0.4) is 0 Å². The average Bonchev–Trinajstić information content (AvgIpc) is 2.15. The number of sulfone groups is 1. The van der Waals surface area contributed by atoms with Crippen LogP contribution in [0.15, 0.2) is 0 Å². The number of hydrogen-bond donors (Lipinski definition) is 1. The molecule has 1 saturated heterocycles. The van der Waals surface area contributed by atoms with Crippen molar-refractivity contribution in [2.45, 2.75) is 0 Å². The van der Waals surface area contributed by atoms with Crippen LogP contribution in [0.2, 0.25) is 0 Å². The first kappa shape index (κ1) is 13.9. The molecule has 0 radical (unpaired) electrons. The SMILES string of the molecule is CS(=O)(=O)CC(=O)N1CCN(CC(=O)O)CC1. The molecular weight excluding hydrogens is 248 g/mol. The first-order valence-electron chi connectivity index (χ1n) is 5.17. The van der Waals surface area contributed by atoms with Crippen LogP contribution in [-0.2, 0) is 19.4 Å². The molecule has 7 nitrogen and oxygen atoms in total. The van der Waals surface area contributed by atoms with Crippen LogP contribution in [0.25, 0.3) is 0 Å². The van der Waals surface area contributed by atoms with Crippen LogP contribution in [0, 0.1) is 0 Å². The molecule has 8 heteroatoms. The Balaban J connectivity index is 2.41. The topological polar surface area (TPSA) is 95.0 Å². The Morgan fingerprint density at radius 1 is 1.18 bits per heavy atom. The van der Waals surface area contributed by atoms with Gasteiger partial charge in [0.05, 0.1) is 6.54 Å².